The Morgan fingerprint density at radius 1 is 1.09 bits per heavy atom. The Hall–Kier alpha value is -3.97. The molecule has 1 aliphatic heterocycles. The van der Waals surface area contributed by atoms with Crippen LogP contribution in [0.5, 0.6) is 5.75 Å². The summed E-state index contributed by atoms with van der Waals surface area (Å²) in [6.45, 7) is 5.25. The summed E-state index contributed by atoms with van der Waals surface area (Å²) in [6, 6.07) is 22.1. The highest BCUT2D eigenvalue weighted by atomic mass is 32.2. The van der Waals surface area contributed by atoms with Crippen molar-refractivity contribution in [2.75, 3.05) is 19.5 Å². The van der Waals surface area contributed by atoms with E-state index in [4.69, 9.17) is 4.74 Å². The molecule has 3 aromatic carbocycles. The average molecular weight is 489 g/mol. The summed E-state index contributed by atoms with van der Waals surface area (Å²) in [5.41, 5.74) is 3.59. The van der Waals surface area contributed by atoms with Crippen LogP contribution in [-0.4, -0.2) is 41.5 Å². The van der Waals surface area contributed by atoms with E-state index in [1.807, 2.05) is 67.6 Å². The summed E-state index contributed by atoms with van der Waals surface area (Å²) in [5, 5.41) is 12.5. The number of thioether (sulfide) groups is 1. The summed E-state index contributed by atoms with van der Waals surface area (Å²) in [7, 11) is 3.40. The standard InChI is InChI=1S/C25H22N2O4S.C3H6/c1-27-23(28)22(32-25(27)26-20-10-12-21(31-2)13-11-20)14-16-6-8-17(9-7-16)18-4-3-5-19(15-18)24(29)30;1-3-2/h3-15,25-26H,1-2H3,(H,29,30);3H,1H2,2H3/b22-14-;. The second-order valence-electron chi connectivity index (χ2n) is 7.68. The first-order chi connectivity index (χ1) is 16.9. The van der Waals surface area contributed by atoms with E-state index in [0.29, 0.717) is 4.91 Å². The van der Waals surface area contributed by atoms with Crippen LogP contribution in [0.1, 0.15) is 22.8 Å². The van der Waals surface area contributed by atoms with E-state index < -0.39 is 5.97 Å². The van der Waals surface area contributed by atoms with Gasteiger partial charge in [-0.2, -0.15) is 0 Å². The van der Waals surface area contributed by atoms with E-state index in [1.54, 1.807) is 43.3 Å². The molecule has 1 aliphatic rings. The van der Waals surface area contributed by atoms with Crippen molar-refractivity contribution in [3.8, 4) is 16.9 Å². The van der Waals surface area contributed by atoms with Gasteiger partial charge in [-0.15, -0.1) is 6.58 Å². The summed E-state index contributed by atoms with van der Waals surface area (Å²) in [5.74, 6) is -0.219. The van der Waals surface area contributed by atoms with Crippen molar-refractivity contribution >= 4 is 35.4 Å². The fourth-order valence-corrected chi connectivity index (χ4v) is 4.48. The Morgan fingerprint density at radius 3 is 2.34 bits per heavy atom. The number of carbonyl (C=O) groups excluding carboxylic acids is 1. The zero-order valence-electron chi connectivity index (χ0n) is 19.9. The topological polar surface area (TPSA) is 78.9 Å². The van der Waals surface area contributed by atoms with E-state index in [2.05, 4.69) is 11.9 Å². The number of likely N-dealkylation sites (N-methyl/N-ethyl adjacent to an activating group) is 1. The summed E-state index contributed by atoms with van der Waals surface area (Å²) >= 11 is 1.46. The van der Waals surface area contributed by atoms with Crippen molar-refractivity contribution in [2.24, 2.45) is 0 Å². The number of ether oxygens (including phenoxy) is 1. The fraction of sp³-hybridized carbons (Fsp3) is 0.143. The third kappa shape index (κ3) is 6.55. The van der Waals surface area contributed by atoms with Crippen molar-refractivity contribution < 1.29 is 19.4 Å². The molecule has 0 bridgehead atoms. The molecule has 1 saturated heterocycles. The van der Waals surface area contributed by atoms with E-state index in [9.17, 15) is 14.7 Å². The minimum Gasteiger partial charge on any atom is -0.497 e. The lowest BCUT2D eigenvalue weighted by Gasteiger charge is -2.20. The normalized spacial score (nSPS) is 15.9. The van der Waals surface area contributed by atoms with Crippen LogP contribution in [0.4, 0.5) is 5.69 Å². The molecule has 180 valence electrons. The Kier molecular flexibility index (Phi) is 8.75. The smallest absolute Gasteiger partial charge is 0.335 e. The number of aromatic carboxylic acids is 1. The number of carboxylic acids is 1. The van der Waals surface area contributed by atoms with Crippen LogP contribution in [0.2, 0.25) is 0 Å². The van der Waals surface area contributed by atoms with E-state index >= 15 is 0 Å². The minimum atomic E-state index is -0.952. The monoisotopic (exact) mass is 488 g/mol. The van der Waals surface area contributed by atoms with Crippen LogP contribution in [0, 0.1) is 0 Å². The van der Waals surface area contributed by atoms with Gasteiger partial charge < -0.3 is 20.1 Å². The minimum absolute atomic E-state index is 0.0424. The molecule has 0 spiro atoms. The maximum atomic E-state index is 12.7. The van der Waals surface area contributed by atoms with Gasteiger partial charge in [0.05, 0.1) is 17.6 Å². The number of methoxy groups -OCH3 is 1. The van der Waals surface area contributed by atoms with Gasteiger partial charge in [0.25, 0.3) is 5.91 Å². The molecule has 2 N–H and O–H groups in total. The number of carbonyl (C=O) groups is 2. The highest BCUT2D eigenvalue weighted by Crippen LogP contribution is 2.36. The largest absolute Gasteiger partial charge is 0.497 e. The van der Waals surface area contributed by atoms with E-state index in [-0.39, 0.29) is 17.0 Å². The summed E-state index contributed by atoms with van der Waals surface area (Å²) in [4.78, 5) is 26.2. The summed E-state index contributed by atoms with van der Waals surface area (Å²) in [6.07, 6.45) is 3.62. The van der Waals surface area contributed by atoms with Crippen molar-refractivity contribution in [3.63, 3.8) is 0 Å². The highest BCUT2D eigenvalue weighted by molar-refractivity contribution is 8.05. The number of hydrogen-bond acceptors (Lipinski definition) is 5. The maximum absolute atomic E-state index is 12.7. The lowest BCUT2D eigenvalue weighted by molar-refractivity contribution is -0.124. The lowest BCUT2D eigenvalue weighted by Crippen LogP contribution is -2.33. The molecule has 4 rings (SSSR count). The molecule has 7 heteroatoms. The number of anilines is 1. The van der Waals surface area contributed by atoms with Crippen LogP contribution < -0.4 is 10.1 Å². The molecule has 6 nitrogen and oxygen atoms in total. The van der Waals surface area contributed by atoms with Gasteiger partial charge in [-0.3, -0.25) is 4.79 Å². The van der Waals surface area contributed by atoms with Gasteiger partial charge in [0.2, 0.25) is 0 Å². The molecule has 3 aromatic rings. The van der Waals surface area contributed by atoms with Gasteiger partial charge >= 0.3 is 5.97 Å². The number of nitrogens with zero attached hydrogens (tertiary/aromatic N) is 1. The molecule has 0 saturated carbocycles. The molecule has 35 heavy (non-hydrogen) atoms. The van der Waals surface area contributed by atoms with Crippen molar-refractivity contribution in [1.29, 1.82) is 0 Å². The quantitative estimate of drug-likeness (QED) is 0.318. The van der Waals surface area contributed by atoms with Gasteiger partial charge in [-0.1, -0.05) is 54.2 Å². The first-order valence-corrected chi connectivity index (χ1v) is 11.8. The highest BCUT2D eigenvalue weighted by Gasteiger charge is 2.33. The van der Waals surface area contributed by atoms with Crippen molar-refractivity contribution in [1.82, 2.24) is 4.90 Å². The molecule has 0 aliphatic carbocycles. The number of rotatable bonds is 6. The zero-order chi connectivity index (χ0) is 25.4. The van der Waals surface area contributed by atoms with Gasteiger partial charge in [0.1, 0.15) is 5.75 Å². The van der Waals surface area contributed by atoms with E-state index in [0.717, 1.165) is 28.1 Å². The first kappa shape index (κ1) is 25.6. The number of amides is 1. The van der Waals surface area contributed by atoms with Gasteiger partial charge in [0.15, 0.2) is 5.50 Å². The number of nitrogens with one attached hydrogen (secondary N) is 1. The Morgan fingerprint density at radius 2 is 1.74 bits per heavy atom. The Bertz CT molecular complexity index is 1220. The Labute approximate surface area is 209 Å². The average Bonchev–Trinajstić information content (AvgIpc) is 3.13. The molecular weight excluding hydrogens is 460 g/mol. The third-order valence-electron chi connectivity index (χ3n) is 5.15. The Balaban J connectivity index is 0.00000108. The second kappa shape index (κ2) is 11.9. The van der Waals surface area contributed by atoms with Crippen LogP contribution in [0.15, 0.2) is 90.4 Å². The van der Waals surface area contributed by atoms with Crippen LogP contribution in [0.3, 0.4) is 0 Å². The SMILES string of the molecule is C=CC.COc1ccc(NC2S/C(=C\c3ccc(-c4cccc(C(=O)O)c4)cc3)C(=O)N2C)cc1. The molecule has 0 radical (unpaired) electrons. The zero-order valence-corrected chi connectivity index (χ0v) is 20.7. The third-order valence-corrected chi connectivity index (χ3v) is 6.36. The molecule has 1 heterocycles. The molecule has 1 atom stereocenters. The number of hydrogen-bond donors (Lipinski definition) is 2. The number of benzene rings is 3. The first-order valence-electron chi connectivity index (χ1n) is 10.9. The van der Waals surface area contributed by atoms with E-state index in [1.165, 1.54) is 11.8 Å². The number of allylic oxidation sites excluding steroid dienone is 1. The van der Waals surface area contributed by atoms with Gasteiger partial charge in [0, 0.05) is 12.7 Å². The molecule has 1 fully saturated rings. The molecule has 1 amide bonds. The van der Waals surface area contributed by atoms with Gasteiger partial charge in [-0.05, 0) is 66.1 Å². The molecular formula is C28H28N2O4S. The fourth-order valence-electron chi connectivity index (χ4n) is 3.34. The molecule has 1 unspecified atom stereocenters. The maximum Gasteiger partial charge on any atom is 0.335 e. The number of carboxylic acid groups (broad SMARTS) is 1. The van der Waals surface area contributed by atoms with Crippen LogP contribution in [0.25, 0.3) is 17.2 Å². The predicted octanol–water partition coefficient (Wildman–Crippen LogP) is 6.19. The predicted molar refractivity (Wildman–Crippen MR) is 143 cm³/mol. The van der Waals surface area contributed by atoms with Crippen LogP contribution >= 0.6 is 11.8 Å². The van der Waals surface area contributed by atoms with Crippen molar-refractivity contribution in [3.05, 3.63) is 101 Å². The van der Waals surface area contributed by atoms with Crippen molar-refractivity contribution in [2.45, 2.75) is 12.4 Å². The van der Waals surface area contributed by atoms with Crippen LogP contribution in [-0.2, 0) is 4.79 Å². The summed E-state index contributed by atoms with van der Waals surface area (Å²) < 4.78 is 5.18. The lowest BCUT2D eigenvalue weighted by atomic mass is 10.0. The molecule has 0 aromatic heterocycles. The van der Waals surface area contributed by atoms with Gasteiger partial charge in [-0.25, -0.2) is 4.79 Å². The second-order valence-corrected chi connectivity index (χ2v) is 8.81.